The largest absolute Gasteiger partial charge is 0.301 e. The van der Waals surface area contributed by atoms with Gasteiger partial charge in [0.15, 0.2) is 0 Å². The molecule has 0 aliphatic carbocycles. The van der Waals surface area contributed by atoms with Crippen molar-refractivity contribution in [2.75, 3.05) is 13.6 Å². The first-order valence-corrected chi connectivity index (χ1v) is 6.26. The van der Waals surface area contributed by atoms with Gasteiger partial charge < -0.3 is 4.90 Å². The summed E-state index contributed by atoms with van der Waals surface area (Å²) in [5.74, 6) is 0.587. The van der Waals surface area contributed by atoms with E-state index in [0.717, 1.165) is 13.1 Å². The van der Waals surface area contributed by atoms with Crippen molar-refractivity contribution >= 4 is 0 Å². The Kier molecular flexibility index (Phi) is 7.82. The van der Waals surface area contributed by atoms with Crippen molar-refractivity contribution in [2.24, 2.45) is 0 Å². The summed E-state index contributed by atoms with van der Waals surface area (Å²) in [5.41, 5.74) is 2.54. The van der Waals surface area contributed by atoms with E-state index in [4.69, 9.17) is 0 Å². The minimum atomic E-state index is 0.587. The topological polar surface area (TPSA) is 16.1 Å². The fourth-order valence-corrected chi connectivity index (χ4v) is 1.33. The molecule has 0 aromatic carbocycles. The van der Waals surface area contributed by atoms with Crippen molar-refractivity contribution in [3.8, 4) is 0 Å². The molecular formula is C14H26N2. The van der Waals surface area contributed by atoms with Gasteiger partial charge in [-0.05, 0) is 37.2 Å². The summed E-state index contributed by atoms with van der Waals surface area (Å²) in [6.07, 6.45) is 1.91. The van der Waals surface area contributed by atoms with E-state index in [0.29, 0.717) is 5.92 Å². The maximum absolute atomic E-state index is 4.37. The van der Waals surface area contributed by atoms with E-state index in [9.17, 15) is 0 Å². The predicted molar refractivity (Wildman–Crippen MR) is 71.7 cm³/mol. The molecule has 2 nitrogen and oxygen atoms in total. The molecule has 1 rings (SSSR count). The average molecular weight is 222 g/mol. The Morgan fingerprint density at radius 3 is 2.44 bits per heavy atom. The average Bonchev–Trinajstić information content (AvgIpc) is 2.32. The quantitative estimate of drug-likeness (QED) is 0.772. The number of pyridine rings is 1. The maximum atomic E-state index is 4.37. The third-order valence-corrected chi connectivity index (χ3v) is 2.48. The van der Waals surface area contributed by atoms with Crippen molar-refractivity contribution in [1.29, 1.82) is 0 Å². The van der Waals surface area contributed by atoms with Crippen LogP contribution in [0.25, 0.3) is 0 Å². The van der Waals surface area contributed by atoms with E-state index >= 15 is 0 Å². The summed E-state index contributed by atoms with van der Waals surface area (Å²) in [5, 5.41) is 0. The molecule has 0 aliphatic rings. The Balaban J connectivity index is 0.00000106. The van der Waals surface area contributed by atoms with E-state index in [2.05, 4.69) is 49.8 Å². The number of hydrogen-bond donors (Lipinski definition) is 0. The second-order valence-electron chi connectivity index (χ2n) is 4.07. The lowest BCUT2D eigenvalue weighted by molar-refractivity contribution is 0.341. The predicted octanol–water partition coefficient (Wildman–Crippen LogP) is 3.68. The molecule has 0 atom stereocenters. The van der Waals surface area contributed by atoms with Gasteiger partial charge >= 0.3 is 0 Å². The van der Waals surface area contributed by atoms with Gasteiger partial charge in [0.1, 0.15) is 0 Å². The molecule has 1 aromatic rings. The summed E-state index contributed by atoms with van der Waals surface area (Å²) in [6.45, 7) is 12.6. The van der Waals surface area contributed by atoms with Crippen molar-refractivity contribution in [3.05, 3.63) is 29.6 Å². The van der Waals surface area contributed by atoms with Gasteiger partial charge in [-0.2, -0.15) is 0 Å². The zero-order valence-electron chi connectivity index (χ0n) is 11.6. The highest BCUT2D eigenvalue weighted by atomic mass is 15.1. The molecule has 92 valence electrons. The van der Waals surface area contributed by atoms with Gasteiger partial charge in [-0.25, -0.2) is 0 Å². The molecule has 0 saturated heterocycles. The van der Waals surface area contributed by atoms with Crippen LogP contribution in [-0.2, 0) is 6.54 Å². The number of hydrogen-bond acceptors (Lipinski definition) is 2. The van der Waals surface area contributed by atoms with Crippen LogP contribution in [-0.4, -0.2) is 23.5 Å². The molecule has 0 spiro atoms. The lowest BCUT2D eigenvalue weighted by atomic mass is 10.0. The standard InChI is InChI=1S/C12H20N2.C2H6/c1-5-14(4)9-12-8-11(10(2)3)6-7-13-12;1-2/h6-8,10H,5,9H2,1-4H3;1-2H3. The monoisotopic (exact) mass is 222 g/mol. The van der Waals surface area contributed by atoms with Crippen molar-refractivity contribution in [2.45, 2.75) is 47.1 Å². The zero-order chi connectivity index (χ0) is 12.6. The molecule has 0 fully saturated rings. The first-order valence-electron chi connectivity index (χ1n) is 6.26. The number of aromatic nitrogens is 1. The summed E-state index contributed by atoms with van der Waals surface area (Å²) in [7, 11) is 2.11. The molecular weight excluding hydrogens is 196 g/mol. The van der Waals surface area contributed by atoms with E-state index in [1.165, 1.54) is 11.3 Å². The van der Waals surface area contributed by atoms with Crippen LogP contribution in [0.1, 0.15) is 51.8 Å². The summed E-state index contributed by atoms with van der Waals surface area (Å²) >= 11 is 0. The smallest absolute Gasteiger partial charge is 0.0546 e. The van der Waals surface area contributed by atoms with Crippen LogP contribution < -0.4 is 0 Å². The highest BCUT2D eigenvalue weighted by Gasteiger charge is 2.02. The summed E-state index contributed by atoms with van der Waals surface area (Å²) < 4.78 is 0. The molecule has 0 radical (unpaired) electrons. The van der Waals surface area contributed by atoms with E-state index < -0.39 is 0 Å². The first-order chi connectivity index (χ1) is 7.63. The Labute approximate surface area is 101 Å². The maximum Gasteiger partial charge on any atom is 0.0546 e. The summed E-state index contributed by atoms with van der Waals surface area (Å²) in [6, 6.07) is 4.30. The third-order valence-electron chi connectivity index (χ3n) is 2.48. The van der Waals surface area contributed by atoms with Crippen LogP contribution in [0.5, 0.6) is 0 Å². The molecule has 1 heterocycles. The van der Waals surface area contributed by atoms with E-state index in [-0.39, 0.29) is 0 Å². The number of nitrogens with zero attached hydrogens (tertiary/aromatic N) is 2. The fourth-order valence-electron chi connectivity index (χ4n) is 1.33. The molecule has 0 saturated carbocycles. The second kappa shape index (κ2) is 8.28. The second-order valence-corrected chi connectivity index (χ2v) is 4.07. The minimum absolute atomic E-state index is 0.587. The van der Waals surface area contributed by atoms with Gasteiger partial charge in [0.05, 0.1) is 5.69 Å². The van der Waals surface area contributed by atoms with Gasteiger partial charge in [0.25, 0.3) is 0 Å². The minimum Gasteiger partial charge on any atom is -0.301 e. The van der Waals surface area contributed by atoms with Gasteiger partial charge in [0, 0.05) is 12.7 Å². The molecule has 0 bridgehead atoms. The molecule has 1 aromatic heterocycles. The van der Waals surface area contributed by atoms with Gasteiger partial charge in [0.2, 0.25) is 0 Å². The van der Waals surface area contributed by atoms with Gasteiger partial charge in [-0.15, -0.1) is 0 Å². The zero-order valence-corrected chi connectivity index (χ0v) is 11.6. The first kappa shape index (κ1) is 15.1. The Morgan fingerprint density at radius 2 is 1.94 bits per heavy atom. The van der Waals surface area contributed by atoms with Gasteiger partial charge in [-0.1, -0.05) is 34.6 Å². The molecule has 0 N–H and O–H groups in total. The molecule has 16 heavy (non-hydrogen) atoms. The van der Waals surface area contributed by atoms with E-state index in [1.807, 2.05) is 20.0 Å². The van der Waals surface area contributed by atoms with Crippen LogP contribution in [0.4, 0.5) is 0 Å². The van der Waals surface area contributed by atoms with Crippen LogP contribution in [0.3, 0.4) is 0 Å². The molecule has 0 amide bonds. The molecule has 0 aliphatic heterocycles. The SMILES string of the molecule is CC.CCN(C)Cc1cc(C(C)C)ccn1. The molecule has 2 heteroatoms. The third kappa shape index (κ3) is 5.26. The van der Waals surface area contributed by atoms with Crippen molar-refractivity contribution in [1.82, 2.24) is 9.88 Å². The molecule has 0 unspecified atom stereocenters. The fraction of sp³-hybridized carbons (Fsp3) is 0.643. The Morgan fingerprint density at radius 1 is 1.31 bits per heavy atom. The van der Waals surface area contributed by atoms with Gasteiger partial charge in [-0.3, -0.25) is 4.98 Å². The van der Waals surface area contributed by atoms with Crippen LogP contribution >= 0.6 is 0 Å². The van der Waals surface area contributed by atoms with E-state index in [1.54, 1.807) is 0 Å². The normalized spacial score (nSPS) is 10.2. The highest BCUT2D eigenvalue weighted by Crippen LogP contribution is 2.14. The Bertz CT molecular complexity index is 282. The summed E-state index contributed by atoms with van der Waals surface area (Å²) in [4.78, 5) is 6.62. The highest BCUT2D eigenvalue weighted by molar-refractivity contribution is 5.19. The Hall–Kier alpha value is -0.890. The number of rotatable bonds is 4. The van der Waals surface area contributed by atoms with Crippen LogP contribution in [0, 0.1) is 0 Å². The van der Waals surface area contributed by atoms with Crippen molar-refractivity contribution < 1.29 is 0 Å². The lowest BCUT2D eigenvalue weighted by Gasteiger charge is -2.14. The van der Waals surface area contributed by atoms with Crippen LogP contribution in [0.15, 0.2) is 18.3 Å². The van der Waals surface area contributed by atoms with Crippen molar-refractivity contribution in [3.63, 3.8) is 0 Å². The van der Waals surface area contributed by atoms with Crippen LogP contribution in [0.2, 0.25) is 0 Å². The lowest BCUT2D eigenvalue weighted by Crippen LogP contribution is -2.17.